The maximum Gasteiger partial charge on any atom is 0.357 e. The van der Waals surface area contributed by atoms with Gasteiger partial charge >= 0.3 is 5.97 Å². The number of esters is 1. The standard InChI is InChI=1S/C20H24N4O2/c1-2-3-4-11-16-26-20(25)19(23-21-17-12-7-5-8-13-17)24-22-18-14-9-6-10-15-18/h5-10,12-15,19H,2-4,11,16H2,1H3. The van der Waals surface area contributed by atoms with Gasteiger partial charge in [0.1, 0.15) is 0 Å². The Bertz CT molecular complexity index is 653. The Kier molecular flexibility index (Phi) is 8.69. The van der Waals surface area contributed by atoms with Crippen LogP contribution < -0.4 is 0 Å². The van der Waals surface area contributed by atoms with Gasteiger partial charge < -0.3 is 4.74 Å². The molecule has 0 aliphatic carbocycles. The van der Waals surface area contributed by atoms with E-state index in [0.29, 0.717) is 18.0 Å². The van der Waals surface area contributed by atoms with E-state index in [1.165, 1.54) is 0 Å². The molecule has 0 bridgehead atoms. The van der Waals surface area contributed by atoms with Gasteiger partial charge in [0.05, 0.1) is 18.0 Å². The summed E-state index contributed by atoms with van der Waals surface area (Å²) in [5.74, 6) is -0.541. The zero-order valence-electron chi connectivity index (χ0n) is 15.0. The van der Waals surface area contributed by atoms with Crippen molar-refractivity contribution in [3.05, 3.63) is 60.7 Å². The second kappa shape index (κ2) is 11.6. The highest BCUT2D eigenvalue weighted by atomic mass is 16.5. The molecule has 2 rings (SSSR count). The van der Waals surface area contributed by atoms with Crippen molar-refractivity contribution >= 4 is 17.3 Å². The fourth-order valence-electron chi connectivity index (χ4n) is 2.13. The number of unbranched alkanes of at least 4 members (excludes halogenated alkanes) is 3. The average molecular weight is 352 g/mol. The van der Waals surface area contributed by atoms with Crippen LogP contribution in [-0.2, 0) is 9.53 Å². The lowest BCUT2D eigenvalue weighted by molar-refractivity contribution is -0.145. The van der Waals surface area contributed by atoms with Gasteiger partial charge in [-0.15, -0.1) is 10.2 Å². The summed E-state index contributed by atoms with van der Waals surface area (Å²) in [5, 5.41) is 16.2. The Hall–Kier alpha value is -2.89. The second-order valence-corrected chi connectivity index (χ2v) is 5.70. The molecule has 26 heavy (non-hydrogen) atoms. The topological polar surface area (TPSA) is 75.7 Å². The van der Waals surface area contributed by atoms with Crippen molar-refractivity contribution in [1.82, 2.24) is 0 Å². The lowest BCUT2D eigenvalue weighted by Gasteiger charge is -2.07. The predicted molar refractivity (Wildman–Crippen MR) is 101 cm³/mol. The quantitative estimate of drug-likeness (QED) is 0.298. The molecule has 0 aliphatic rings. The highest BCUT2D eigenvalue weighted by molar-refractivity contribution is 5.75. The van der Waals surface area contributed by atoms with E-state index in [1.54, 1.807) is 24.3 Å². The third-order valence-electron chi connectivity index (χ3n) is 3.53. The van der Waals surface area contributed by atoms with E-state index in [-0.39, 0.29) is 0 Å². The third kappa shape index (κ3) is 7.34. The molecule has 2 aromatic rings. The van der Waals surface area contributed by atoms with Crippen LogP contribution in [0.15, 0.2) is 81.1 Å². The van der Waals surface area contributed by atoms with Gasteiger partial charge in [0.15, 0.2) is 0 Å². The van der Waals surface area contributed by atoms with Crippen LogP contribution >= 0.6 is 0 Å². The molecule has 0 heterocycles. The van der Waals surface area contributed by atoms with Crippen molar-refractivity contribution in [1.29, 1.82) is 0 Å². The summed E-state index contributed by atoms with van der Waals surface area (Å²) in [7, 11) is 0. The third-order valence-corrected chi connectivity index (χ3v) is 3.53. The van der Waals surface area contributed by atoms with Gasteiger partial charge in [-0.05, 0) is 30.7 Å². The van der Waals surface area contributed by atoms with E-state index in [0.717, 1.165) is 25.7 Å². The number of rotatable bonds is 10. The van der Waals surface area contributed by atoms with E-state index >= 15 is 0 Å². The molecule has 6 heteroatoms. The Morgan fingerprint density at radius 2 is 1.38 bits per heavy atom. The molecule has 0 amide bonds. The van der Waals surface area contributed by atoms with Crippen LogP contribution in [0.25, 0.3) is 0 Å². The van der Waals surface area contributed by atoms with Crippen molar-refractivity contribution in [2.75, 3.05) is 6.61 Å². The van der Waals surface area contributed by atoms with Gasteiger partial charge in [-0.1, -0.05) is 62.6 Å². The number of benzene rings is 2. The molecule has 0 aromatic heterocycles. The second-order valence-electron chi connectivity index (χ2n) is 5.70. The number of nitrogens with zero attached hydrogens (tertiary/aromatic N) is 4. The molecule has 0 spiro atoms. The van der Waals surface area contributed by atoms with Crippen LogP contribution in [0.3, 0.4) is 0 Å². The fourth-order valence-corrected chi connectivity index (χ4v) is 2.13. The largest absolute Gasteiger partial charge is 0.463 e. The summed E-state index contributed by atoms with van der Waals surface area (Å²) >= 11 is 0. The van der Waals surface area contributed by atoms with E-state index in [2.05, 4.69) is 27.4 Å². The predicted octanol–water partition coefficient (Wildman–Crippen LogP) is 6.00. The van der Waals surface area contributed by atoms with Crippen molar-refractivity contribution in [3.63, 3.8) is 0 Å². The summed E-state index contributed by atoms with van der Waals surface area (Å²) in [4.78, 5) is 12.3. The molecule has 0 atom stereocenters. The molecule has 136 valence electrons. The number of hydrogen-bond acceptors (Lipinski definition) is 6. The minimum absolute atomic E-state index is 0.358. The molecule has 0 N–H and O–H groups in total. The molecule has 2 aromatic carbocycles. The SMILES string of the molecule is CCCCCCOC(=O)C(N=Nc1ccccc1)N=Nc1ccccc1. The number of azo groups is 2. The van der Waals surface area contributed by atoms with Crippen LogP contribution in [0, 0.1) is 0 Å². The molecule has 0 saturated heterocycles. The molecule has 0 radical (unpaired) electrons. The minimum atomic E-state index is -1.11. The van der Waals surface area contributed by atoms with Gasteiger partial charge in [-0.3, -0.25) is 0 Å². The van der Waals surface area contributed by atoms with Gasteiger partial charge in [-0.2, -0.15) is 10.2 Å². The number of hydrogen-bond donors (Lipinski definition) is 0. The molecule has 0 fully saturated rings. The summed E-state index contributed by atoms with van der Waals surface area (Å²) < 4.78 is 5.28. The van der Waals surface area contributed by atoms with Crippen LogP contribution in [0.4, 0.5) is 11.4 Å². The lowest BCUT2D eigenvalue weighted by Crippen LogP contribution is -2.19. The Labute approximate surface area is 154 Å². The first-order valence-electron chi connectivity index (χ1n) is 8.88. The van der Waals surface area contributed by atoms with Crippen molar-refractivity contribution < 1.29 is 9.53 Å². The number of carbonyl (C=O) groups excluding carboxylic acids is 1. The Morgan fingerprint density at radius 1 is 0.846 bits per heavy atom. The molecular formula is C20H24N4O2. The Balaban J connectivity index is 2.01. The minimum Gasteiger partial charge on any atom is -0.463 e. The van der Waals surface area contributed by atoms with Gasteiger partial charge in [0.2, 0.25) is 0 Å². The van der Waals surface area contributed by atoms with Crippen LogP contribution in [0.2, 0.25) is 0 Å². The average Bonchev–Trinajstić information content (AvgIpc) is 2.69. The summed E-state index contributed by atoms with van der Waals surface area (Å²) in [6.45, 7) is 2.49. The number of carbonyl (C=O) groups is 1. The zero-order valence-corrected chi connectivity index (χ0v) is 15.0. The first kappa shape index (κ1) is 19.4. The summed E-state index contributed by atoms with van der Waals surface area (Å²) in [6, 6.07) is 18.3. The van der Waals surface area contributed by atoms with E-state index in [4.69, 9.17) is 4.74 Å². The lowest BCUT2D eigenvalue weighted by atomic mass is 10.2. The number of ether oxygens (including phenoxy) is 1. The van der Waals surface area contributed by atoms with E-state index in [9.17, 15) is 4.79 Å². The summed E-state index contributed by atoms with van der Waals surface area (Å²) in [5.41, 5.74) is 1.28. The molecule has 0 unspecified atom stereocenters. The van der Waals surface area contributed by atoms with Gasteiger partial charge in [0.25, 0.3) is 6.17 Å². The zero-order chi connectivity index (χ0) is 18.5. The highest BCUT2D eigenvalue weighted by Crippen LogP contribution is 2.15. The molecular weight excluding hydrogens is 328 g/mol. The fraction of sp³-hybridized carbons (Fsp3) is 0.350. The van der Waals surface area contributed by atoms with Crippen molar-refractivity contribution in [3.8, 4) is 0 Å². The maximum atomic E-state index is 12.3. The molecule has 0 saturated carbocycles. The van der Waals surface area contributed by atoms with Crippen molar-refractivity contribution in [2.24, 2.45) is 20.5 Å². The van der Waals surface area contributed by atoms with Gasteiger partial charge in [-0.25, -0.2) is 4.79 Å². The van der Waals surface area contributed by atoms with Crippen LogP contribution in [0.5, 0.6) is 0 Å². The van der Waals surface area contributed by atoms with Crippen LogP contribution in [0.1, 0.15) is 32.6 Å². The highest BCUT2D eigenvalue weighted by Gasteiger charge is 2.19. The van der Waals surface area contributed by atoms with Crippen molar-refractivity contribution in [2.45, 2.75) is 38.8 Å². The summed E-state index contributed by atoms with van der Waals surface area (Å²) in [6.07, 6.45) is 3.01. The maximum absolute atomic E-state index is 12.3. The van der Waals surface area contributed by atoms with Crippen LogP contribution in [-0.4, -0.2) is 18.7 Å². The normalized spacial score (nSPS) is 12.5. The Morgan fingerprint density at radius 3 is 1.88 bits per heavy atom. The molecule has 6 nitrogen and oxygen atoms in total. The van der Waals surface area contributed by atoms with E-state index in [1.807, 2.05) is 36.4 Å². The van der Waals surface area contributed by atoms with E-state index < -0.39 is 12.1 Å². The van der Waals surface area contributed by atoms with Gasteiger partial charge in [0, 0.05) is 0 Å². The first-order chi connectivity index (χ1) is 12.8. The molecule has 0 aliphatic heterocycles. The monoisotopic (exact) mass is 352 g/mol. The smallest absolute Gasteiger partial charge is 0.357 e. The first-order valence-corrected chi connectivity index (χ1v) is 8.88.